The zero-order valence-electron chi connectivity index (χ0n) is 16.9. The normalized spacial score (nSPS) is 10.4. The summed E-state index contributed by atoms with van der Waals surface area (Å²) in [7, 11) is 0. The van der Waals surface area contributed by atoms with Crippen molar-refractivity contribution in [3.05, 3.63) is 101 Å². The number of hydrogen-bond acceptors (Lipinski definition) is 2. The Hall–Kier alpha value is -3.40. The minimum atomic E-state index is -0.191. The van der Waals surface area contributed by atoms with Crippen LogP contribution in [-0.4, -0.2) is 18.4 Å². The Morgan fingerprint density at radius 3 is 2.38 bits per heavy atom. The van der Waals surface area contributed by atoms with Gasteiger partial charge in [-0.2, -0.15) is 0 Å². The molecule has 0 aliphatic heterocycles. The van der Waals surface area contributed by atoms with Crippen LogP contribution in [0, 0.1) is 13.8 Å². The highest BCUT2D eigenvalue weighted by molar-refractivity contribution is 6.04. The zero-order chi connectivity index (χ0) is 20.6. The molecule has 3 rings (SSSR count). The van der Waals surface area contributed by atoms with E-state index in [0.717, 1.165) is 23.1 Å². The highest BCUT2D eigenvalue weighted by atomic mass is 16.2. The third-order valence-electron chi connectivity index (χ3n) is 4.84. The van der Waals surface area contributed by atoms with E-state index in [9.17, 15) is 9.59 Å². The van der Waals surface area contributed by atoms with E-state index < -0.39 is 0 Å². The summed E-state index contributed by atoms with van der Waals surface area (Å²) < 4.78 is 0. The molecule has 0 saturated heterocycles. The minimum absolute atomic E-state index is 0.136. The highest BCUT2D eigenvalue weighted by Crippen LogP contribution is 2.17. The van der Waals surface area contributed by atoms with Crippen molar-refractivity contribution in [3.8, 4) is 0 Å². The number of amides is 2. The average molecular weight is 386 g/mol. The second kappa shape index (κ2) is 9.69. The fourth-order valence-corrected chi connectivity index (χ4v) is 3.21. The van der Waals surface area contributed by atoms with E-state index in [1.807, 2.05) is 68.4 Å². The first-order valence-electron chi connectivity index (χ1n) is 9.80. The van der Waals surface area contributed by atoms with Gasteiger partial charge in [0.25, 0.3) is 5.91 Å². The fraction of sp³-hybridized carbons (Fsp3) is 0.200. The zero-order valence-corrected chi connectivity index (χ0v) is 16.9. The molecule has 3 aromatic rings. The molecule has 4 heteroatoms. The van der Waals surface area contributed by atoms with Gasteiger partial charge in [0.2, 0.25) is 5.91 Å². The van der Waals surface area contributed by atoms with Crippen LogP contribution in [0.2, 0.25) is 0 Å². The SMILES string of the molecule is Cc1ccc(C)c(CC(=O)Nc2ccccc2C(=O)NCCc2ccccc2)c1. The van der Waals surface area contributed by atoms with Crippen LogP contribution in [0.3, 0.4) is 0 Å². The van der Waals surface area contributed by atoms with Gasteiger partial charge in [-0.15, -0.1) is 0 Å². The Bertz CT molecular complexity index is 997. The Morgan fingerprint density at radius 1 is 0.862 bits per heavy atom. The second-order valence-corrected chi connectivity index (χ2v) is 7.19. The van der Waals surface area contributed by atoms with Crippen LogP contribution >= 0.6 is 0 Å². The summed E-state index contributed by atoms with van der Waals surface area (Å²) in [6.45, 7) is 4.54. The maximum Gasteiger partial charge on any atom is 0.253 e. The molecule has 0 radical (unpaired) electrons. The van der Waals surface area contributed by atoms with Crippen LogP contribution in [0.1, 0.15) is 32.6 Å². The number of carbonyl (C=O) groups is 2. The van der Waals surface area contributed by atoms with Gasteiger partial charge in [-0.1, -0.05) is 66.2 Å². The first kappa shape index (κ1) is 20.3. The lowest BCUT2D eigenvalue weighted by Crippen LogP contribution is -2.27. The first-order valence-corrected chi connectivity index (χ1v) is 9.80. The molecule has 29 heavy (non-hydrogen) atoms. The van der Waals surface area contributed by atoms with Crippen molar-refractivity contribution in [2.45, 2.75) is 26.7 Å². The van der Waals surface area contributed by atoms with Crippen LogP contribution in [0.15, 0.2) is 72.8 Å². The van der Waals surface area contributed by atoms with Crippen molar-refractivity contribution in [2.75, 3.05) is 11.9 Å². The van der Waals surface area contributed by atoms with Gasteiger partial charge in [0.15, 0.2) is 0 Å². The number of benzene rings is 3. The first-order chi connectivity index (χ1) is 14.0. The predicted molar refractivity (Wildman–Crippen MR) is 117 cm³/mol. The maximum atomic E-state index is 12.6. The fourth-order valence-electron chi connectivity index (χ4n) is 3.21. The number of rotatable bonds is 7. The lowest BCUT2D eigenvalue weighted by atomic mass is 10.0. The van der Waals surface area contributed by atoms with Gasteiger partial charge in [0.1, 0.15) is 0 Å². The van der Waals surface area contributed by atoms with E-state index in [2.05, 4.69) is 10.6 Å². The molecule has 148 valence electrons. The number of para-hydroxylation sites is 1. The largest absolute Gasteiger partial charge is 0.352 e. The van der Waals surface area contributed by atoms with Crippen molar-refractivity contribution in [1.82, 2.24) is 5.32 Å². The van der Waals surface area contributed by atoms with E-state index >= 15 is 0 Å². The van der Waals surface area contributed by atoms with E-state index in [1.165, 1.54) is 5.56 Å². The van der Waals surface area contributed by atoms with Crippen molar-refractivity contribution >= 4 is 17.5 Å². The van der Waals surface area contributed by atoms with Gasteiger partial charge >= 0.3 is 0 Å². The molecular weight excluding hydrogens is 360 g/mol. The molecule has 0 unspecified atom stereocenters. The standard InChI is InChI=1S/C25H26N2O2/c1-18-12-13-19(2)21(16-18)17-24(28)27-23-11-7-6-10-22(23)25(29)26-15-14-20-8-4-3-5-9-20/h3-13,16H,14-15,17H2,1-2H3,(H,26,29)(H,27,28). The van der Waals surface area contributed by atoms with E-state index in [-0.39, 0.29) is 18.2 Å². The minimum Gasteiger partial charge on any atom is -0.352 e. The van der Waals surface area contributed by atoms with Gasteiger partial charge in [0, 0.05) is 6.54 Å². The van der Waals surface area contributed by atoms with Crippen LogP contribution < -0.4 is 10.6 Å². The Balaban J connectivity index is 1.62. The molecule has 0 spiro atoms. The summed E-state index contributed by atoms with van der Waals surface area (Å²) in [5.41, 5.74) is 5.36. The summed E-state index contributed by atoms with van der Waals surface area (Å²) in [5, 5.41) is 5.83. The maximum absolute atomic E-state index is 12.6. The lowest BCUT2D eigenvalue weighted by molar-refractivity contribution is -0.115. The van der Waals surface area contributed by atoms with Crippen molar-refractivity contribution in [2.24, 2.45) is 0 Å². The van der Waals surface area contributed by atoms with Crippen molar-refractivity contribution in [3.63, 3.8) is 0 Å². The summed E-state index contributed by atoms with van der Waals surface area (Å²) in [6.07, 6.45) is 1.03. The molecule has 0 fully saturated rings. The van der Waals surface area contributed by atoms with Crippen molar-refractivity contribution < 1.29 is 9.59 Å². The summed E-state index contributed by atoms with van der Waals surface area (Å²) in [5.74, 6) is -0.327. The van der Waals surface area contributed by atoms with Gasteiger partial charge in [-0.25, -0.2) is 0 Å². The smallest absolute Gasteiger partial charge is 0.253 e. The second-order valence-electron chi connectivity index (χ2n) is 7.19. The molecule has 4 nitrogen and oxygen atoms in total. The molecule has 0 bridgehead atoms. The summed E-state index contributed by atoms with van der Waals surface area (Å²) in [4.78, 5) is 25.2. The van der Waals surface area contributed by atoms with Gasteiger partial charge < -0.3 is 10.6 Å². The van der Waals surface area contributed by atoms with Gasteiger partial charge in [0.05, 0.1) is 17.7 Å². The Kier molecular flexibility index (Phi) is 6.80. The lowest BCUT2D eigenvalue weighted by Gasteiger charge is -2.12. The van der Waals surface area contributed by atoms with E-state index in [0.29, 0.717) is 17.8 Å². The molecule has 2 amide bonds. The molecule has 0 aliphatic rings. The molecule has 2 N–H and O–H groups in total. The predicted octanol–water partition coefficient (Wildman–Crippen LogP) is 4.46. The number of nitrogens with one attached hydrogen (secondary N) is 2. The molecule has 0 aliphatic carbocycles. The number of anilines is 1. The molecule has 0 aromatic heterocycles. The number of hydrogen-bond donors (Lipinski definition) is 2. The monoisotopic (exact) mass is 386 g/mol. The number of aryl methyl sites for hydroxylation is 2. The van der Waals surface area contributed by atoms with Crippen LogP contribution in [0.25, 0.3) is 0 Å². The summed E-state index contributed by atoms with van der Waals surface area (Å²) >= 11 is 0. The molecule has 0 atom stereocenters. The average Bonchev–Trinajstić information content (AvgIpc) is 2.72. The van der Waals surface area contributed by atoms with E-state index in [1.54, 1.807) is 18.2 Å². The molecule has 0 saturated carbocycles. The van der Waals surface area contributed by atoms with Crippen LogP contribution in [-0.2, 0) is 17.6 Å². The summed E-state index contributed by atoms with van der Waals surface area (Å²) in [6, 6.07) is 23.2. The topological polar surface area (TPSA) is 58.2 Å². The Morgan fingerprint density at radius 2 is 1.59 bits per heavy atom. The third kappa shape index (κ3) is 5.79. The van der Waals surface area contributed by atoms with Gasteiger partial charge in [-0.05, 0) is 49.1 Å². The van der Waals surface area contributed by atoms with Crippen LogP contribution in [0.4, 0.5) is 5.69 Å². The van der Waals surface area contributed by atoms with Crippen LogP contribution in [0.5, 0.6) is 0 Å². The van der Waals surface area contributed by atoms with Gasteiger partial charge in [-0.3, -0.25) is 9.59 Å². The third-order valence-corrected chi connectivity index (χ3v) is 4.84. The highest BCUT2D eigenvalue weighted by Gasteiger charge is 2.14. The van der Waals surface area contributed by atoms with E-state index in [4.69, 9.17) is 0 Å². The molecular formula is C25H26N2O2. The number of carbonyl (C=O) groups excluding carboxylic acids is 2. The van der Waals surface area contributed by atoms with Crippen molar-refractivity contribution in [1.29, 1.82) is 0 Å². The quantitative estimate of drug-likeness (QED) is 0.630. The molecule has 0 heterocycles. The Labute approximate surface area is 172 Å². The molecule has 3 aromatic carbocycles.